The van der Waals surface area contributed by atoms with Gasteiger partial charge in [-0.05, 0) is 12.5 Å². The molecule has 0 saturated carbocycles. The van der Waals surface area contributed by atoms with E-state index in [-0.39, 0.29) is 0 Å². The smallest absolute Gasteiger partial charge is 0.222 e. The van der Waals surface area contributed by atoms with Gasteiger partial charge in [-0.3, -0.25) is 0 Å². The molecular weight excluding hydrogens is 224 g/mol. The second-order valence-electron chi connectivity index (χ2n) is 4.18. The van der Waals surface area contributed by atoms with E-state index in [1.54, 1.807) is 0 Å². The van der Waals surface area contributed by atoms with Crippen molar-refractivity contribution < 1.29 is 0 Å². The number of nitrogens with one attached hydrogen (secondary N) is 2. The highest BCUT2D eigenvalue weighted by molar-refractivity contribution is 5.23. The molecule has 0 aliphatic carbocycles. The van der Waals surface area contributed by atoms with E-state index in [4.69, 9.17) is 0 Å². The van der Waals surface area contributed by atoms with Crippen LogP contribution in [-0.2, 0) is 6.54 Å². The molecule has 1 atom stereocenters. The van der Waals surface area contributed by atoms with Crippen LogP contribution in [0.2, 0.25) is 0 Å². The average molecular weight is 242 g/mol. The van der Waals surface area contributed by atoms with Gasteiger partial charge in [-0.2, -0.15) is 0 Å². The molecular formula is C14H18N4. The third-order valence-corrected chi connectivity index (χ3v) is 2.84. The minimum Gasteiger partial charge on any atom is -0.357 e. The Hall–Kier alpha value is -1.94. The Kier molecular flexibility index (Phi) is 4.25. The van der Waals surface area contributed by atoms with Gasteiger partial charge >= 0.3 is 0 Å². The van der Waals surface area contributed by atoms with E-state index in [0.29, 0.717) is 12.0 Å². The molecule has 0 spiro atoms. The summed E-state index contributed by atoms with van der Waals surface area (Å²) in [6, 6.07) is 10.7. The zero-order chi connectivity index (χ0) is 12.8. The lowest BCUT2D eigenvalue weighted by Crippen LogP contribution is -2.18. The third-order valence-electron chi connectivity index (χ3n) is 2.84. The van der Waals surface area contributed by atoms with Crippen molar-refractivity contribution in [3.63, 3.8) is 0 Å². The summed E-state index contributed by atoms with van der Waals surface area (Å²) in [4.78, 5) is 8.37. The molecule has 0 aliphatic heterocycles. The number of rotatable bonds is 5. The number of aromatic nitrogens is 2. The summed E-state index contributed by atoms with van der Waals surface area (Å²) in [6.45, 7) is 2.91. The molecule has 0 fully saturated rings. The van der Waals surface area contributed by atoms with Crippen molar-refractivity contribution in [1.29, 1.82) is 0 Å². The van der Waals surface area contributed by atoms with E-state index in [1.165, 1.54) is 5.56 Å². The monoisotopic (exact) mass is 242 g/mol. The summed E-state index contributed by atoms with van der Waals surface area (Å²) in [5.41, 5.74) is 2.36. The number of anilines is 1. The Morgan fingerprint density at radius 3 is 2.39 bits per heavy atom. The fourth-order valence-electron chi connectivity index (χ4n) is 1.71. The van der Waals surface area contributed by atoms with Crippen LogP contribution in [0.15, 0.2) is 42.7 Å². The maximum Gasteiger partial charge on any atom is 0.222 e. The molecule has 0 saturated heterocycles. The molecule has 0 bridgehead atoms. The largest absolute Gasteiger partial charge is 0.357 e. The van der Waals surface area contributed by atoms with Crippen LogP contribution in [0.25, 0.3) is 0 Å². The van der Waals surface area contributed by atoms with Gasteiger partial charge in [-0.15, -0.1) is 0 Å². The van der Waals surface area contributed by atoms with E-state index in [2.05, 4.69) is 51.8 Å². The lowest BCUT2D eigenvalue weighted by molar-refractivity contribution is 0.573. The van der Waals surface area contributed by atoms with Gasteiger partial charge in [-0.1, -0.05) is 30.3 Å². The van der Waals surface area contributed by atoms with E-state index in [0.717, 1.165) is 12.1 Å². The summed E-state index contributed by atoms with van der Waals surface area (Å²) >= 11 is 0. The molecule has 0 amide bonds. The van der Waals surface area contributed by atoms with Gasteiger partial charge in [0.05, 0.1) is 0 Å². The van der Waals surface area contributed by atoms with Gasteiger partial charge in [0.2, 0.25) is 5.95 Å². The molecule has 1 aromatic carbocycles. The molecule has 2 N–H and O–H groups in total. The first-order valence-electron chi connectivity index (χ1n) is 6.06. The van der Waals surface area contributed by atoms with Crippen LogP contribution in [0.1, 0.15) is 24.1 Å². The predicted molar refractivity (Wildman–Crippen MR) is 73.3 cm³/mol. The summed E-state index contributed by atoms with van der Waals surface area (Å²) in [5, 5.41) is 6.35. The fourth-order valence-corrected chi connectivity index (χ4v) is 1.71. The molecule has 2 rings (SSSR count). The number of nitrogens with zero attached hydrogens (tertiary/aromatic N) is 2. The third kappa shape index (κ3) is 3.28. The lowest BCUT2D eigenvalue weighted by atomic mass is 10.1. The van der Waals surface area contributed by atoms with Gasteiger partial charge in [0, 0.05) is 37.6 Å². The van der Waals surface area contributed by atoms with Crippen LogP contribution in [-0.4, -0.2) is 17.0 Å². The first-order chi connectivity index (χ1) is 8.79. The van der Waals surface area contributed by atoms with Crippen LogP contribution >= 0.6 is 0 Å². The van der Waals surface area contributed by atoms with Gasteiger partial charge in [0.15, 0.2) is 0 Å². The zero-order valence-electron chi connectivity index (χ0n) is 10.7. The van der Waals surface area contributed by atoms with Gasteiger partial charge in [0.25, 0.3) is 0 Å². The van der Waals surface area contributed by atoms with Crippen LogP contribution < -0.4 is 10.6 Å². The van der Waals surface area contributed by atoms with Crippen molar-refractivity contribution in [2.75, 3.05) is 12.4 Å². The van der Waals surface area contributed by atoms with Crippen molar-refractivity contribution >= 4 is 5.95 Å². The predicted octanol–water partition coefficient (Wildman–Crippen LogP) is 2.37. The SMILES string of the molecule is CNc1ncc(CN[C@@H](C)c2ccccc2)cn1. The minimum absolute atomic E-state index is 0.315. The van der Waals surface area contributed by atoms with E-state index < -0.39 is 0 Å². The van der Waals surface area contributed by atoms with Crippen LogP contribution in [0.5, 0.6) is 0 Å². The normalized spacial score (nSPS) is 12.1. The molecule has 94 valence electrons. The quantitative estimate of drug-likeness (QED) is 0.845. The highest BCUT2D eigenvalue weighted by atomic mass is 15.1. The van der Waals surface area contributed by atoms with E-state index in [1.807, 2.05) is 25.5 Å². The first kappa shape index (κ1) is 12.5. The molecule has 18 heavy (non-hydrogen) atoms. The Labute approximate surface area is 107 Å². The summed E-state index contributed by atoms with van der Waals surface area (Å²) in [6.07, 6.45) is 3.67. The number of benzene rings is 1. The summed E-state index contributed by atoms with van der Waals surface area (Å²) < 4.78 is 0. The topological polar surface area (TPSA) is 49.8 Å². The van der Waals surface area contributed by atoms with E-state index >= 15 is 0 Å². The molecule has 4 heteroatoms. The van der Waals surface area contributed by atoms with Gasteiger partial charge < -0.3 is 10.6 Å². The lowest BCUT2D eigenvalue weighted by Gasteiger charge is -2.13. The zero-order valence-corrected chi connectivity index (χ0v) is 10.7. The molecule has 2 aromatic rings. The fraction of sp³-hybridized carbons (Fsp3) is 0.286. The number of hydrogen-bond acceptors (Lipinski definition) is 4. The Bertz CT molecular complexity index is 467. The molecule has 4 nitrogen and oxygen atoms in total. The van der Waals surface area contributed by atoms with E-state index in [9.17, 15) is 0 Å². The standard InChI is InChI=1S/C14H18N4/c1-11(13-6-4-3-5-7-13)16-8-12-9-17-14(15-2)18-10-12/h3-7,9-11,16H,8H2,1-2H3,(H,15,17,18)/t11-/m0/s1. The minimum atomic E-state index is 0.315. The van der Waals surface area contributed by atoms with Crippen molar-refractivity contribution in [3.8, 4) is 0 Å². The Morgan fingerprint density at radius 2 is 1.78 bits per heavy atom. The maximum atomic E-state index is 4.19. The van der Waals surface area contributed by atoms with Gasteiger partial charge in [0.1, 0.15) is 0 Å². The average Bonchev–Trinajstić information content (AvgIpc) is 2.46. The number of hydrogen-bond donors (Lipinski definition) is 2. The van der Waals surface area contributed by atoms with Crippen LogP contribution in [0, 0.1) is 0 Å². The Balaban J connectivity index is 1.91. The van der Waals surface area contributed by atoms with Crippen LogP contribution in [0.4, 0.5) is 5.95 Å². The first-order valence-corrected chi connectivity index (χ1v) is 6.06. The van der Waals surface area contributed by atoms with Crippen molar-refractivity contribution in [3.05, 3.63) is 53.9 Å². The molecule has 1 aromatic heterocycles. The van der Waals surface area contributed by atoms with Crippen molar-refractivity contribution in [1.82, 2.24) is 15.3 Å². The van der Waals surface area contributed by atoms with Crippen LogP contribution in [0.3, 0.4) is 0 Å². The second kappa shape index (κ2) is 6.12. The molecule has 0 radical (unpaired) electrons. The highest BCUT2D eigenvalue weighted by Crippen LogP contribution is 2.11. The Morgan fingerprint density at radius 1 is 1.11 bits per heavy atom. The second-order valence-corrected chi connectivity index (χ2v) is 4.18. The molecule has 0 aliphatic rings. The van der Waals surface area contributed by atoms with Crippen molar-refractivity contribution in [2.24, 2.45) is 0 Å². The van der Waals surface area contributed by atoms with Crippen molar-refractivity contribution in [2.45, 2.75) is 19.5 Å². The van der Waals surface area contributed by atoms with Gasteiger partial charge in [-0.25, -0.2) is 9.97 Å². The summed E-state index contributed by atoms with van der Waals surface area (Å²) in [7, 11) is 1.81. The summed E-state index contributed by atoms with van der Waals surface area (Å²) in [5.74, 6) is 0.648. The molecule has 0 unspecified atom stereocenters. The highest BCUT2D eigenvalue weighted by Gasteiger charge is 2.04. The maximum absolute atomic E-state index is 4.19. The molecule has 1 heterocycles.